The summed E-state index contributed by atoms with van der Waals surface area (Å²) >= 11 is 0. The molecule has 0 radical (unpaired) electrons. The van der Waals surface area contributed by atoms with E-state index in [0.29, 0.717) is 12.2 Å². The number of benzene rings is 1. The maximum atomic E-state index is 14.8. The van der Waals surface area contributed by atoms with Crippen molar-refractivity contribution < 1.29 is 13.5 Å². The van der Waals surface area contributed by atoms with Crippen molar-refractivity contribution in [2.24, 2.45) is 17.8 Å². The SMILES string of the molecule is CC/C=C\CC1CCC(C2CCC(c3ccc(OCCCCC)c(F)c3F)CC2)CC1. The van der Waals surface area contributed by atoms with Crippen LogP contribution in [0.2, 0.25) is 0 Å². The van der Waals surface area contributed by atoms with Crippen LogP contribution in [0.15, 0.2) is 24.3 Å². The van der Waals surface area contributed by atoms with Crippen LogP contribution in [0, 0.1) is 29.4 Å². The second-order valence-corrected chi connectivity index (χ2v) is 9.84. The predicted octanol–water partition coefficient (Wildman–Crippen LogP) is 8.97. The molecule has 2 fully saturated rings. The van der Waals surface area contributed by atoms with Crippen molar-refractivity contribution in [3.05, 3.63) is 41.5 Å². The summed E-state index contributed by atoms with van der Waals surface area (Å²) in [7, 11) is 0. The summed E-state index contributed by atoms with van der Waals surface area (Å²) in [6, 6.07) is 3.41. The molecular weight excluding hydrogens is 390 g/mol. The van der Waals surface area contributed by atoms with Crippen LogP contribution >= 0.6 is 0 Å². The molecule has 0 heterocycles. The third-order valence-corrected chi connectivity index (χ3v) is 7.72. The first-order valence-corrected chi connectivity index (χ1v) is 12.9. The van der Waals surface area contributed by atoms with Crippen LogP contribution in [-0.4, -0.2) is 6.61 Å². The molecule has 1 aromatic rings. The fourth-order valence-electron chi connectivity index (χ4n) is 5.76. The molecule has 0 bridgehead atoms. The fraction of sp³-hybridized carbons (Fsp3) is 0.714. The zero-order valence-corrected chi connectivity index (χ0v) is 19.7. The van der Waals surface area contributed by atoms with E-state index in [4.69, 9.17) is 4.74 Å². The van der Waals surface area contributed by atoms with Crippen molar-refractivity contribution in [3.63, 3.8) is 0 Å². The highest BCUT2D eigenvalue weighted by Gasteiger charge is 2.32. The Hall–Kier alpha value is -1.38. The van der Waals surface area contributed by atoms with Crippen LogP contribution in [0.3, 0.4) is 0 Å². The van der Waals surface area contributed by atoms with Gasteiger partial charge in [0.05, 0.1) is 6.61 Å². The lowest BCUT2D eigenvalue weighted by atomic mass is 9.68. The number of hydrogen-bond donors (Lipinski definition) is 0. The van der Waals surface area contributed by atoms with Crippen molar-refractivity contribution in [2.45, 2.75) is 103 Å². The molecule has 0 aromatic heterocycles. The lowest BCUT2D eigenvalue weighted by Crippen LogP contribution is -2.25. The van der Waals surface area contributed by atoms with Crippen molar-refractivity contribution in [1.29, 1.82) is 0 Å². The van der Waals surface area contributed by atoms with Crippen LogP contribution in [0.4, 0.5) is 8.78 Å². The third-order valence-electron chi connectivity index (χ3n) is 7.72. The first kappa shape index (κ1) is 24.3. The van der Waals surface area contributed by atoms with Crippen molar-refractivity contribution in [2.75, 3.05) is 6.61 Å². The third kappa shape index (κ3) is 6.80. The summed E-state index contributed by atoms with van der Waals surface area (Å²) in [5.74, 6) is 1.22. The molecule has 0 aliphatic heterocycles. The van der Waals surface area contributed by atoms with Gasteiger partial charge >= 0.3 is 0 Å². The quantitative estimate of drug-likeness (QED) is 0.265. The van der Waals surface area contributed by atoms with Crippen LogP contribution < -0.4 is 4.74 Å². The Morgan fingerprint density at radius 1 is 0.839 bits per heavy atom. The Morgan fingerprint density at radius 3 is 2.16 bits per heavy atom. The second-order valence-electron chi connectivity index (χ2n) is 9.84. The number of hydrogen-bond acceptors (Lipinski definition) is 1. The minimum Gasteiger partial charge on any atom is -0.490 e. The molecule has 0 spiro atoms. The number of ether oxygens (including phenoxy) is 1. The number of allylic oxidation sites excluding steroid dienone is 2. The topological polar surface area (TPSA) is 9.23 Å². The molecule has 31 heavy (non-hydrogen) atoms. The van der Waals surface area contributed by atoms with E-state index in [2.05, 4.69) is 26.0 Å². The highest BCUT2D eigenvalue weighted by Crippen LogP contribution is 2.45. The maximum absolute atomic E-state index is 14.8. The standard InChI is InChI=1S/C28H42F2O/c1-3-5-7-9-21-10-12-22(13-11-21)23-14-16-24(17-15-23)25-18-19-26(28(30)27(25)29)31-20-8-6-4-2/h5,7,18-19,21-24H,3-4,6,8-17,20H2,1-2H3/b7-5-. The van der Waals surface area contributed by atoms with Gasteiger partial charge in [-0.05, 0) is 106 Å². The molecule has 2 aliphatic rings. The van der Waals surface area contributed by atoms with E-state index in [9.17, 15) is 8.78 Å². The molecule has 0 amide bonds. The van der Waals surface area contributed by atoms with Crippen LogP contribution in [0.25, 0.3) is 0 Å². The number of unbranched alkanes of at least 4 members (excludes halogenated alkanes) is 2. The molecule has 0 atom stereocenters. The van der Waals surface area contributed by atoms with Gasteiger partial charge in [-0.15, -0.1) is 0 Å². The van der Waals surface area contributed by atoms with E-state index < -0.39 is 11.6 Å². The van der Waals surface area contributed by atoms with E-state index in [0.717, 1.165) is 69.1 Å². The molecule has 2 aliphatic carbocycles. The molecule has 2 saturated carbocycles. The summed E-state index contributed by atoms with van der Waals surface area (Å²) < 4.78 is 34.8. The minimum absolute atomic E-state index is 0.0663. The second kappa shape index (κ2) is 12.6. The minimum atomic E-state index is -0.799. The molecule has 1 nitrogen and oxygen atoms in total. The monoisotopic (exact) mass is 432 g/mol. The molecule has 3 heteroatoms. The molecule has 0 N–H and O–H groups in total. The van der Waals surface area contributed by atoms with Crippen molar-refractivity contribution in [1.82, 2.24) is 0 Å². The highest BCUT2D eigenvalue weighted by molar-refractivity contribution is 5.33. The molecule has 1 aromatic carbocycles. The van der Waals surface area contributed by atoms with Gasteiger partial charge in [-0.1, -0.05) is 44.9 Å². The largest absolute Gasteiger partial charge is 0.490 e. The highest BCUT2D eigenvalue weighted by atomic mass is 19.2. The van der Waals surface area contributed by atoms with Crippen LogP contribution in [-0.2, 0) is 0 Å². The van der Waals surface area contributed by atoms with Gasteiger partial charge in [0.25, 0.3) is 0 Å². The van der Waals surface area contributed by atoms with E-state index >= 15 is 0 Å². The Labute approximate surface area is 188 Å². The molecule has 0 saturated heterocycles. The smallest absolute Gasteiger partial charge is 0.200 e. The van der Waals surface area contributed by atoms with Gasteiger partial charge in [0.2, 0.25) is 5.82 Å². The van der Waals surface area contributed by atoms with E-state index in [-0.39, 0.29) is 11.7 Å². The van der Waals surface area contributed by atoms with Crippen molar-refractivity contribution in [3.8, 4) is 5.75 Å². The zero-order valence-electron chi connectivity index (χ0n) is 19.7. The average molecular weight is 433 g/mol. The Balaban J connectivity index is 1.47. The Bertz CT molecular complexity index is 682. The van der Waals surface area contributed by atoms with Crippen molar-refractivity contribution >= 4 is 0 Å². The summed E-state index contributed by atoms with van der Waals surface area (Å²) in [4.78, 5) is 0. The lowest BCUT2D eigenvalue weighted by molar-refractivity contribution is 0.160. The normalized spacial score (nSPS) is 27.0. The van der Waals surface area contributed by atoms with Gasteiger partial charge in [-0.2, -0.15) is 4.39 Å². The molecule has 3 rings (SSSR count). The predicted molar refractivity (Wildman–Crippen MR) is 126 cm³/mol. The number of rotatable bonds is 10. The van der Waals surface area contributed by atoms with E-state index in [1.807, 2.05) is 0 Å². The molecule has 0 unspecified atom stereocenters. The summed E-state index contributed by atoms with van der Waals surface area (Å²) in [6.45, 7) is 4.76. The summed E-state index contributed by atoms with van der Waals surface area (Å²) in [5.41, 5.74) is 0.559. The summed E-state index contributed by atoms with van der Waals surface area (Å²) in [5, 5.41) is 0. The maximum Gasteiger partial charge on any atom is 0.200 e. The van der Waals surface area contributed by atoms with Gasteiger partial charge < -0.3 is 4.74 Å². The van der Waals surface area contributed by atoms with Gasteiger partial charge in [0.15, 0.2) is 11.6 Å². The first-order valence-electron chi connectivity index (χ1n) is 12.9. The zero-order chi connectivity index (χ0) is 22.1. The van der Waals surface area contributed by atoms with E-state index in [1.165, 1.54) is 32.1 Å². The summed E-state index contributed by atoms with van der Waals surface area (Å²) in [6.07, 6.45) is 19.8. The van der Waals surface area contributed by atoms with Gasteiger partial charge in [0, 0.05) is 0 Å². The fourth-order valence-corrected chi connectivity index (χ4v) is 5.76. The first-order chi connectivity index (χ1) is 15.1. The average Bonchev–Trinajstić information content (AvgIpc) is 2.80. The molecule has 174 valence electrons. The van der Waals surface area contributed by atoms with Gasteiger partial charge in [-0.3, -0.25) is 0 Å². The van der Waals surface area contributed by atoms with Crippen LogP contribution in [0.1, 0.15) is 109 Å². The molecular formula is C28H42F2O. The van der Waals surface area contributed by atoms with Gasteiger partial charge in [0.1, 0.15) is 0 Å². The lowest BCUT2D eigenvalue weighted by Gasteiger charge is -2.38. The van der Waals surface area contributed by atoms with E-state index in [1.54, 1.807) is 12.1 Å². The Kier molecular flexibility index (Phi) is 9.87. The number of halogens is 2. The van der Waals surface area contributed by atoms with Crippen LogP contribution in [0.5, 0.6) is 5.75 Å². The van der Waals surface area contributed by atoms with Gasteiger partial charge in [-0.25, -0.2) is 4.39 Å². The Morgan fingerprint density at radius 2 is 1.52 bits per heavy atom.